The van der Waals surface area contributed by atoms with E-state index in [0.29, 0.717) is 11.6 Å². The molecule has 1 saturated carbocycles. The van der Waals surface area contributed by atoms with Crippen molar-refractivity contribution in [1.29, 1.82) is 5.26 Å². The van der Waals surface area contributed by atoms with Crippen LogP contribution in [0.5, 0.6) is 5.75 Å². The second kappa shape index (κ2) is 6.21. The summed E-state index contributed by atoms with van der Waals surface area (Å²) in [5, 5.41) is 12.2. The summed E-state index contributed by atoms with van der Waals surface area (Å²) in [5.41, 5.74) is 0.635. The highest BCUT2D eigenvalue weighted by molar-refractivity contribution is 9.10. The van der Waals surface area contributed by atoms with E-state index < -0.39 is 0 Å². The average Bonchev–Trinajstić information content (AvgIpc) is 2.39. The third-order valence-corrected chi connectivity index (χ3v) is 4.08. The molecule has 0 bridgehead atoms. The monoisotopic (exact) mass is 308 g/mol. The number of ether oxygens (including phenoxy) is 1. The Kier molecular flexibility index (Phi) is 4.62. The average molecular weight is 309 g/mol. The molecule has 0 amide bonds. The first-order valence-electron chi connectivity index (χ1n) is 6.28. The second-order valence-corrected chi connectivity index (χ2v) is 5.44. The van der Waals surface area contributed by atoms with Crippen molar-refractivity contribution in [3.63, 3.8) is 0 Å². The van der Waals surface area contributed by atoms with Gasteiger partial charge < -0.3 is 10.1 Å². The molecule has 1 aromatic carbocycles. The predicted octanol–water partition coefficient (Wildman–Crippen LogP) is 3.23. The molecule has 0 heterocycles. The van der Waals surface area contributed by atoms with Gasteiger partial charge in [0.25, 0.3) is 0 Å². The maximum atomic E-state index is 8.88. The van der Waals surface area contributed by atoms with Crippen molar-refractivity contribution in [2.45, 2.75) is 37.8 Å². The van der Waals surface area contributed by atoms with E-state index in [-0.39, 0.29) is 6.10 Å². The van der Waals surface area contributed by atoms with Gasteiger partial charge in [-0.25, -0.2) is 0 Å². The van der Waals surface area contributed by atoms with Crippen molar-refractivity contribution in [2.24, 2.45) is 0 Å². The highest BCUT2D eigenvalue weighted by Gasteiger charge is 2.25. The summed E-state index contributed by atoms with van der Waals surface area (Å²) in [5.74, 6) is 0.827. The van der Waals surface area contributed by atoms with E-state index in [4.69, 9.17) is 10.00 Å². The fourth-order valence-corrected chi connectivity index (χ4v) is 2.85. The van der Waals surface area contributed by atoms with Crippen LogP contribution in [0.1, 0.15) is 31.2 Å². The third-order valence-electron chi connectivity index (χ3n) is 3.42. The van der Waals surface area contributed by atoms with Gasteiger partial charge in [-0.3, -0.25) is 0 Å². The van der Waals surface area contributed by atoms with Gasteiger partial charge in [0, 0.05) is 10.5 Å². The SMILES string of the molecule is CNC1CCCCC1Oc1ccc(C#N)c(Br)c1. The van der Waals surface area contributed by atoms with Crippen molar-refractivity contribution >= 4 is 15.9 Å². The third kappa shape index (κ3) is 3.04. The van der Waals surface area contributed by atoms with E-state index in [1.54, 1.807) is 6.07 Å². The first kappa shape index (κ1) is 13.4. The molecule has 3 nitrogen and oxygen atoms in total. The topological polar surface area (TPSA) is 45.0 Å². The van der Waals surface area contributed by atoms with Crippen molar-refractivity contribution in [3.8, 4) is 11.8 Å². The number of hydrogen-bond donors (Lipinski definition) is 1. The number of nitrogens with zero attached hydrogens (tertiary/aromatic N) is 1. The molecule has 2 unspecified atom stereocenters. The van der Waals surface area contributed by atoms with Crippen LogP contribution in [0.3, 0.4) is 0 Å². The molecule has 0 saturated heterocycles. The molecular weight excluding hydrogens is 292 g/mol. The van der Waals surface area contributed by atoms with Gasteiger partial charge in [0.15, 0.2) is 0 Å². The van der Waals surface area contributed by atoms with E-state index in [9.17, 15) is 0 Å². The molecule has 1 N–H and O–H groups in total. The van der Waals surface area contributed by atoms with Gasteiger partial charge in [0.05, 0.1) is 5.56 Å². The zero-order valence-corrected chi connectivity index (χ0v) is 12.0. The predicted molar refractivity (Wildman–Crippen MR) is 74.6 cm³/mol. The van der Waals surface area contributed by atoms with E-state index in [2.05, 4.69) is 27.3 Å². The quantitative estimate of drug-likeness (QED) is 0.932. The molecule has 1 aromatic rings. The molecule has 4 heteroatoms. The Balaban J connectivity index is 2.08. The standard InChI is InChI=1S/C14H17BrN2O/c1-17-13-4-2-3-5-14(13)18-11-7-6-10(9-16)12(15)8-11/h6-8,13-14,17H,2-5H2,1H3. The summed E-state index contributed by atoms with van der Waals surface area (Å²) in [7, 11) is 1.99. The fourth-order valence-electron chi connectivity index (χ4n) is 2.40. The lowest BCUT2D eigenvalue weighted by molar-refractivity contribution is 0.118. The van der Waals surface area contributed by atoms with E-state index >= 15 is 0 Å². The number of benzene rings is 1. The van der Waals surface area contributed by atoms with Crippen LogP contribution < -0.4 is 10.1 Å². The van der Waals surface area contributed by atoms with E-state index in [0.717, 1.165) is 16.6 Å². The fraction of sp³-hybridized carbons (Fsp3) is 0.500. The minimum Gasteiger partial charge on any atom is -0.489 e. The molecular formula is C14H17BrN2O. The zero-order chi connectivity index (χ0) is 13.0. The van der Waals surface area contributed by atoms with E-state index in [1.165, 1.54) is 19.3 Å². The maximum absolute atomic E-state index is 8.88. The van der Waals surface area contributed by atoms with E-state index in [1.807, 2.05) is 19.2 Å². The summed E-state index contributed by atoms with van der Waals surface area (Å²) in [4.78, 5) is 0. The lowest BCUT2D eigenvalue weighted by atomic mass is 9.92. The van der Waals surface area contributed by atoms with Gasteiger partial charge >= 0.3 is 0 Å². The van der Waals surface area contributed by atoms with Gasteiger partial charge in [0.1, 0.15) is 17.9 Å². The highest BCUT2D eigenvalue weighted by atomic mass is 79.9. The minimum absolute atomic E-state index is 0.226. The largest absolute Gasteiger partial charge is 0.489 e. The summed E-state index contributed by atoms with van der Waals surface area (Å²) in [6.45, 7) is 0. The van der Waals surface area contributed by atoms with Gasteiger partial charge in [-0.05, 0) is 60.4 Å². The number of hydrogen-bond acceptors (Lipinski definition) is 3. The van der Waals surface area contributed by atoms with Crippen molar-refractivity contribution in [2.75, 3.05) is 7.05 Å². The van der Waals surface area contributed by atoms with Crippen molar-refractivity contribution in [3.05, 3.63) is 28.2 Å². The van der Waals surface area contributed by atoms with Crippen LogP contribution in [0.25, 0.3) is 0 Å². The Morgan fingerprint density at radius 2 is 2.17 bits per heavy atom. The van der Waals surface area contributed by atoms with Gasteiger partial charge in [-0.1, -0.05) is 6.42 Å². The molecule has 1 aliphatic carbocycles. The number of halogens is 1. The van der Waals surface area contributed by atoms with Gasteiger partial charge in [0.2, 0.25) is 0 Å². The molecule has 96 valence electrons. The van der Waals surface area contributed by atoms with Crippen LogP contribution in [0.15, 0.2) is 22.7 Å². The lowest BCUT2D eigenvalue weighted by Gasteiger charge is -2.31. The van der Waals surface area contributed by atoms with Crippen molar-refractivity contribution < 1.29 is 4.74 Å². The van der Waals surface area contributed by atoms with Crippen LogP contribution in [0.4, 0.5) is 0 Å². The summed E-state index contributed by atoms with van der Waals surface area (Å²) in [6, 6.07) is 8.08. The molecule has 2 atom stereocenters. The second-order valence-electron chi connectivity index (χ2n) is 4.59. The normalized spacial score (nSPS) is 23.4. The molecule has 1 aliphatic rings. The number of nitrogens with one attached hydrogen (secondary N) is 1. The molecule has 0 aliphatic heterocycles. The zero-order valence-electron chi connectivity index (χ0n) is 10.4. The molecule has 18 heavy (non-hydrogen) atoms. The molecule has 2 rings (SSSR count). The number of nitriles is 1. The highest BCUT2D eigenvalue weighted by Crippen LogP contribution is 2.27. The van der Waals surface area contributed by atoms with Crippen molar-refractivity contribution in [1.82, 2.24) is 5.32 Å². The van der Waals surface area contributed by atoms with Crippen LogP contribution in [-0.2, 0) is 0 Å². The molecule has 0 spiro atoms. The Morgan fingerprint density at radius 3 is 2.83 bits per heavy atom. The molecule has 1 fully saturated rings. The molecule has 0 aromatic heterocycles. The molecule has 0 radical (unpaired) electrons. The maximum Gasteiger partial charge on any atom is 0.121 e. The summed E-state index contributed by atoms with van der Waals surface area (Å²) in [6.07, 6.45) is 4.97. The Bertz CT molecular complexity index is 456. The number of likely N-dealkylation sites (N-methyl/N-ethyl adjacent to an activating group) is 1. The summed E-state index contributed by atoms with van der Waals surface area (Å²) < 4.78 is 6.83. The van der Waals surface area contributed by atoms with Gasteiger partial charge in [-0.2, -0.15) is 5.26 Å². The number of rotatable bonds is 3. The van der Waals surface area contributed by atoms with Crippen LogP contribution in [-0.4, -0.2) is 19.2 Å². The first-order valence-corrected chi connectivity index (χ1v) is 7.07. The Hall–Kier alpha value is -1.05. The van der Waals surface area contributed by atoms with Gasteiger partial charge in [-0.15, -0.1) is 0 Å². The van der Waals surface area contributed by atoms with Crippen LogP contribution >= 0.6 is 15.9 Å². The van der Waals surface area contributed by atoms with Crippen LogP contribution in [0, 0.1) is 11.3 Å². The first-order chi connectivity index (χ1) is 8.74. The summed E-state index contributed by atoms with van der Waals surface area (Å²) >= 11 is 3.39. The lowest BCUT2D eigenvalue weighted by Crippen LogP contribution is -2.43. The van der Waals surface area contributed by atoms with Crippen LogP contribution in [0.2, 0.25) is 0 Å². The Labute approximate surface area is 116 Å². The Morgan fingerprint density at radius 1 is 1.39 bits per heavy atom. The smallest absolute Gasteiger partial charge is 0.121 e. The minimum atomic E-state index is 0.226.